The van der Waals surface area contributed by atoms with Crippen molar-refractivity contribution in [2.24, 2.45) is 11.8 Å². The highest BCUT2D eigenvalue weighted by Gasteiger charge is 2.32. The second kappa shape index (κ2) is 6.15. The predicted molar refractivity (Wildman–Crippen MR) is 70.7 cm³/mol. The molecule has 96 valence electrons. The molecule has 2 nitrogen and oxygen atoms in total. The molecule has 17 heavy (non-hydrogen) atoms. The van der Waals surface area contributed by atoms with Gasteiger partial charge in [-0.2, -0.15) is 0 Å². The molecule has 1 N–H and O–H groups in total. The molecule has 0 saturated carbocycles. The Morgan fingerprint density at radius 3 is 2.82 bits per heavy atom. The van der Waals surface area contributed by atoms with Gasteiger partial charge in [-0.15, -0.1) is 0 Å². The van der Waals surface area contributed by atoms with Crippen molar-refractivity contribution in [3.05, 3.63) is 23.8 Å². The smallest absolute Gasteiger partial charge is 0.158 e. The van der Waals surface area contributed by atoms with Gasteiger partial charge >= 0.3 is 0 Å². The molecule has 0 spiro atoms. The van der Waals surface area contributed by atoms with Gasteiger partial charge in [-0.3, -0.25) is 4.79 Å². The first kappa shape index (κ1) is 14.2. The van der Waals surface area contributed by atoms with E-state index < -0.39 is 0 Å². The summed E-state index contributed by atoms with van der Waals surface area (Å²) in [6.45, 7) is 9.87. The molecule has 3 unspecified atom stereocenters. The number of ketones is 1. The third-order valence-electron chi connectivity index (χ3n) is 3.68. The number of Topliss-reactive ketones (excluding diaryl/α,β-unsaturated/α-hetero) is 1. The minimum atomic E-state index is -0.348. The van der Waals surface area contributed by atoms with E-state index in [1.165, 1.54) is 0 Å². The lowest BCUT2D eigenvalue weighted by molar-refractivity contribution is -0.117. The van der Waals surface area contributed by atoms with Crippen molar-refractivity contribution in [2.75, 3.05) is 0 Å². The van der Waals surface area contributed by atoms with Crippen molar-refractivity contribution in [3.8, 4) is 0 Å². The summed E-state index contributed by atoms with van der Waals surface area (Å²) in [5.41, 5.74) is 1.80. The maximum absolute atomic E-state index is 11.7. The Hall–Kier alpha value is -0.890. The first-order valence-corrected chi connectivity index (χ1v) is 6.52. The lowest BCUT2D eigenvalue weighted by Gasteiger charge is -2.32. The quantitative estimate of drug-likeness (QED) is 0.744. The minimum absolute atomic E-state index is 0.0664. The number of hydrogen-bond donors (Lipinski definition) is 1. The molecule has 0 radical (unpaired) electrons. The summed E-state index contributed by atoms with van der Waals surface area (Å²) < 4.78 is 0. The van der Waals surface area contributed by atoms with Crippen LogP contribution in [0.1, 0.15) is 46.5 Å². The topological polar surface area (TPSA) is 37.3 Å². The number of aliphatic hydroxyl groups is 1. The van der Waals surface area contributed by atoms with Crippen LogP contribution in [0.5, 0.6) is 0 Å². The highest BCUT2D eigenvalue weighted by atomic mass is 16.3. The van der Waals surface area contributed by atoms with E-state index in [0.29, 0.717) is 6.42 Å². The Labute approximate surface area is 104 Å². The van der Waals surface area contributed by atoms with E-state index in [0.717, 1.165) is 30.4 Å². The van der Waals surface area contributed by atoms with Crippen LogP contribution in [0.15, 0.2) is 23.8 Å². The number of unbranched alkanes of at least 4 members (excludes halogenated alkanes) is 1. The Morgan fingerprint density at radius 1 is 1.65 bits per heavy atom. The van der Waals surface area contributed by atoms with Gasteiger partial charge in [0.15, 0.2) is 5.78 Å². The van der Waals surface area contributed by atoms with Crippen LogP contribution in [-0.2, 0) is 4.79 Å². The second-order valence-corrected chi connectivity index (χ2v) is 5.22. The van der Waals surface area contributed by atoms with Gasteiger partial charge in [0, 0.05) is 12.3 Å². The Kier molecular flexibility index (Phi) is 5.13. The van der Waals surface area contributed by atoms with E-state index in [4.69, 9.17) is 0 Å². The molecule has 1 aliphatic rings. The molecule has 2 heteroatoms. The largest absolute Gasteiger partial charge is 0.392 e. The van der Waals surface area contributed by atoms with Gasteiger partial charge in [0.1, 0.15) is 0 Å². The van der Waals surface area contributed by atoms with Gasteiger partial charge in [-0.25, -0.2) is 0 Å². The molecule has 3 atom stereocenters. The normalized spacial score (nSPS) is 26.6. The van der Waals surface area contributed by atoms with E-state index in [-0.39, 0.29) is 23.7 Å². The van der Waals surface area contributed by atoms with Crippen LogP contribution in [0.25, 0.3) is 0 Å². The number of carbonyl (C=O) groups excluding carboxylic acids is 1. The van der Waals surface area contributed by atoms with Crippen molar-refractivity contribution in [2.45, 2.75) is 52.6 Å². The van der Waals surface area contributed by atoms with Crippen LogP contribution in [0, 0.1) is 11.8 Å². The van der Waals surface area contributed by atoms with Gasteiger partial charge in [0.2, 0.25) is 0 Å². The molecular formula is C15H24O2. The fourth-order valence-electron chi connectivity index (χ4n) is 2.48. The van der Waals surface area contributed by atoms with Gasteiger partial charge in [0.05, 0.1) is 6.10 Å². The average Bonchev–Trinajstić information content (AvgIpc) is 2.28. The molecule has 0 aromatic rings. The molecule has 0 amide bonds. The van der Waals surface area contributed by atoms with Crippen molar-refractivity contribution < 1.29 is 9.90 Å². The zero-order chi connectivity index (χ0) is 13.0. The van der Waals surface area contributed by atoms with Crippen LogP contribution < -0.4 is 0 Å². The number of carbonyl (C=O) groups is 1. The molecule has 0 bridgehead atoms. The third-order valence-corrected chi connectivity index (χ3v) is 3.68. The van der Waals surface area contributed by atoms with Gasteiger partial charge in [-0.05, 0) is 31.8 Å². The SMILES string of the molecule is C=C(C)C1CC(=O)C(C)=CC1C(O)CCCC. The highest BCUT2D eigenvalue weighted by Crippen LogP contribution is 2.34. The zero-order valence-electron chi connectivity index (χ0n) is 11.2. The summed E-state index contributed by atoms with van der Waals surface area (Å²) in [6.07, 6.45) is 5.03. The number of rotatable bonds is 5. The summed E-state index contributed by atoms with van der Waals surface area (Å²) >= 11 is 0. The standard InChI is InChI=1S/C15H24O2/c1-5-6-7-14(16)13-8-11(4)15(17)9-12(13)10(2)3/h8,12-14,16H,2,5-7,9H2,1,3-4H3. The molecule has 0 fully saturated rings. The van der Waals surface area contributed by atoms with Gasteiger partial charge < -0.3 is 5.11 Å². The summed E-state index contributed by atoms with van der Waals surface area (Å²) in [4.78, 5) is 11.7. The van der Waals surface area contributed by atoms with Crippen LogP contribution in [-0.4, -0.2) is 17.0 Å². The fourth-order valence-corrected chi connectivity index (χ4v) is 2.48. The van der Waals surface area contributed by atoms with Crippen LogP contribution in [0.3, 0.4) is 0 Å². The van der Waals surface area contributed by atoms with Crippen molar-refractivity contribution in [1.29, 1.82) is 0 Å². The third kappa shape index (κ3) is 3.53. The van der Waals surface area contributed by atoms with E-state index in [1.807, 2.05) is 19.9 Å². The molecule has 0 saturated heterocycles. The van der Waals surface area contributed by atoms with Crippen molar-refractivity contribution in [1.82, 2.24) is 0 Å². The van der Waals surface area contributed by atoms with Gasteiger partial charge in [0.25, 0.3) is 0 Å². The van der Waals surface area contributed by atoms with E-state index in [9.17, 15) is 9.90 Å². The Balaban J connectivity index is 2.83. The summed E-state index contributed by atoms with van der Waals surface area (Å²) in [5.74, 6) is 0.367. The van der Waals surface area contributed by atoms with E-state index in [2.05, 4.69) is 13.5 Å². The molecule has 0 aliphatic heterocycles. The van der Waals surface area contributed by atoms with E-state index in [1.54, 1.807) is 0 Å². The summed E-state index contributed by atoms with van der Waals surface area (Å²) in [5, 5.41) is 10.2. The predicted octanol–water partition coefficient (Wildman–Crippen LogP) is 3.27. The lowest BCUT2D eigenvalue weighted by atomic mass is 9.73. The molecule has 0 heterocycles. The summed E-state index contributed by atoms with van der Waals surface area (Å²) in [6, 6.07) is 0. The molecule has 0 aromatic heterocycles. The second-order valence-electron chi connectivity index (χ2n) is 5.22. The first-order chi connectivity index (χ1) is 7.97. The lowest BCUT2D eigenvalue weighted by Crippen LogP contribution is -2.32. The first-order valence-electron chi connectivity index (χ1n) is 6.52. The van der Waals surface area contributed by atoms with Gasteiger partial charge in [-0.1, -0.05) is 38.0 Å². The molecule has 1 rings (SSSR count). The maximum atomic E-state index is 11.7. The zero-order valence-corrected chi connectivity index (χ0v) is 11.2. The monoisotopic (exact) mass is 236 g/mol. The van der Waals surface area contributed by atoms with Crippen LogP contribution in [0.4, 0.5) is 0 Å². The molecule has 1 aliphatic carbocycles. The minimum Gasteiger partial charge on any atom is -0.392 e. The number of hydrogen-bond acceptors (Lipinski definition) is 2. The number of allylic oxidation sites excluding steroid dienone is 2. The highest BCUT2D eigenvalue weighted by molar-refractivity contribution is 5.96. The van der Waals surface area contributed by atoms with Crippen LogP contribution >= 0.6 is 0 Å². The van der Waals surface area contributed by atoms with Crippen molar-refractivity contribution in [3.63, 3.8) is 0 Å². The Bertz CT molecular complexity index is 328. The number of aliphatic hydroxyl groups excluding tert-OH is 1. The molecular weight excluding hydrogens is 212 g/mol. The summed E-state index contributed by atoms with van der Waals surface area (Å²) in [7, 11) is 0. The van der Waals surface area contributed by atoms with Crippen LogP contribution in [0.2, 0.25) is 0 Å². The Morgan fingerprint density at radius 2 is 2.29 bits per heavy atom. The molecule has 0 aromatic carbocycles. The van der Waals surface area contributed by atoms with Crippen molar-refractivity contribution >= 4 is 5.78 Å². The maximum Gasteiger partial charge on any atom is 0.158 e. The fraction of sp³-hybridized carbons (Fsp3) is 0.667. The average molecular weight is 236 g/mol. The van der Waals surface area contributed by atoms with E-state index >= 15 is 0 Å².